The van der Waals surface area contributed by atoms with Gasteiger partial charge in [0.15, 0.2) is 0 Å². The maximum absolute atomic E-state index is 5.32. The first-order chi connectivity index (χ1) is 9.36. The predicted molar refractivity (Wildman–Crippen MR) is 82.9 cm³/mol. The zero-order valence-electron chi connectivity index (χ0n) is 13.7. The Bertz CT molecular complexity index is 454. The SMILES string of the molecule is CCCNC(c1cncc(OC)c1)C1C(C)(C)C1(C)C. The monoisotopic (exact) mass is 276 g/mol. The third-order valence-electron chi connectivity index (χ3n) is 5.41. The molecule has 1 atom stereocenters. The number of aromatic nitrogens is 1. The Hall–Kier alpha value is -1.09. The third kappa shape index (κ3) is 2.44. The molecule has 3 heteroatoms. The number of nitrogens with one attached hydrogen (secondary N) is 1. The van der Waals surface area contributed by atoms with Gasteiger partial charge in [0.05, 0.1) is 13.3 Å². The van der Waals surface area contributed by atoms with Crippen LogP contribution < -0.4 is 10.1 Å². The predicted octanol–water partition coefficient (Wildman–Crippen LogP) is 3.81. The van der Waals surface area contributed by atoms with Gasteiger partial charge in [-0.15, -0.1) is 0 Å². The van der Waals surface area contributed by atoms with Crippen molar-refractivity contribution in [2.75, 3.05) is 13.7 Å². The Kier molecular flexibility index (Phi) is 4.10. The summed E-state index contributed by atoms with van der Waals surface area (Å²) in [6.07, 6.45) is 4.88. The molecule has 1 heterocycles. The number of pyridine rings is 1. The van der Waals surface area contributed by atoms with Gasteiger partial charge >= 0.3 is 0 Å². The van der Waals surface area contributed by atoms with Crippen LogP contribution >= 0.6 is 0 Å². The van der Waals surface area contributed by atoms with Crippen molar-refractivity contribution in [3.05, 3.63) is 24.0 Å². The number of nitrogens with zero attached hydrogens (tertiary/aromatic N) is 1. The lowest BCUT2D eigenvalue weighted by Crippen LogP contribution is -2.26. The summed E-state index contributed by atoms with van der Waals surface area (Å²) in [6, 6.07) is 2.47. The molecule has 1 aromatic heterocycles. The maximum atomic E-state index is 5.32. The van der Waals surface area contributed by atoms with Crippen LogP contribution in [0.3, 0.4) is 0 Å². The van der Waals surface area contributed by atoms with E-state index in [-0.39, 0.29) is 0 Å². The number of hydrogen-bond donors (Lipinski definition) is 1. The Morgan fingerprint density at radius 3 is 2.40 bits per heavy atom. The van der Waals surface area contributed by atoms with Crippen LogP contribution in [0.15, 0.2) is 18.5 Å². The molecular formula is C17H28N2O. The van der Waals surface area contributed by atoms with Gasteiger partial charge in [-0.3, -0.25) is 4.98 Å². The summed E-state index contributed by atoms with van der Waals surface area (Å²) in [6.45, 7) is 12.7. The summed E-state index contributed by atoms with van der Waals surface area (Å²) in [7, 11) is 1.69. The molecule has 1 aliphatic carbocycles. The standard InChI is InChI=1S/C17H28N2O/c1-7-8-19-14(15-16(2,3)17(15,4)5)12-9-13(20-6)11-18-10-12/h9-11,14-15,19H,7-8H2,1-6H3. The van der Waals surface area contributed by atoms with Crippen molar-refractivity contribution in [2.45, 2.75) is 47.1 Å². The van der Waals surface area contributed by atoms with E-state index in [1.807, 2.05) is 6.20 Å². The molecule has 2 rings (SSSR count). The maximum Gasteiger partial charge on any atom is 0.137 e. The molecule has 0 bridgehead atoms. The van der Waals surface area contributed by atoms with Gasteiger partial charge in [-0.25, -0.2) is 0 Å². The van der Waals surface area contributed by atoms with Crippen molar-refractivity contribution in [2.24, 2.45) is 16.7 Å². The molecule has 0 amide bonds. The summed E-state index contributed by atoms with van der Waals surface area (Å²) in [4.78, 5) is 4.33. The Labute approximate surface area is 123 Å². The third-order valence-corrected chi connectivity index (χ3v) is 5.41. The van der Waals surface area contributed by atoms with Crippen molar-refractivity contribution in [1.82, 2.24) is 10.3 Å². The smallest absolute Gasteiger partial charge is 0.137 e. The zero-order chi connectivity index (χ0) is 15.0. The van der Waals surface area contributed by atoms with Crippen LogP contribution in [0.2, 0.25) is 0 Å². The van der Waals surface area contributed by atoms with Crippen molar-refractivity contribution in [1.29, 1.82) is 0 Å². The van der Waals surface area contributed by atoms with Crippen molar-refractivity contribution in [3.8, 4) is 5.75 Å². The lowest BCUT2D eigenvalue weighted by molar-refractivity contribution is 0.395. The summed E-state index contributed by atoms with van der Waals surface area (Å²) >= 11 is 0. The molecule has 0 aromatic carbocycles. The minimum Gasteiger partial charge on any atom is -0.495 e. The molecule has 1 saturated carbocycles. The number of ether oxygens (including phenoxy) is 1. The highest BCUT2D eigenvalue weighted by molar-refractivity contribution is 5.30. The number of methoxy groups -OCH3 is 1. The van der Waals surface area contributed by atoms with Crippen LogP contribution in [0.5, 0.6) is 5.75 Å². The van der Waals surface area contributed by atoms with Crippen molar-refractivity contribution in [3.63, 3.8) is 0 Å². The highest BCUT2D eigenvalue weighted by Gasteiger charge is 2.67. The molecule has 1 aliphatic rings. The van der Waals surface area contributed by atoms with Gasteiger partial charge in [-0.2, -0.15) is 0 Å². The summed E-state index contributed by atoms with van der Waals surface area (Å²) in [5.41, 5.74) is 1.93. The van der Waals surface area contributed by atoms with E-state index in [9.17, 15) is 0 Å². The van der Waals surface area contributed by atoms with Crippen LogP contribution in [-0.4, -0.2) is 18.6 Å². The average molecular weight is 276 g/mol. The fourth-order valence-electron chi connectivity index (χ4n) is 3.53. The molecular weight excluding hydrogens is 248 g/mol. The first kappa shape index (κ1) is 15.3. The lowest BCUT2D eigenvalue weighted by Gasteiger charge is -2.21. The molecule has 1 N–H and O–H groups in total. The van der Waals surface area contributed by atoms with E-state index >= 15 is 0 Å². The molecule has 1 fully saturated rings. The van der Waals surface area contributed by atoms with Gasteiger partial charge in [0.1, 0.15) is 5.75 Å². The topological polar surface area (TPSA) is 34.2 Å². The zero-order valence-corrected chi connectivity index (χ0v) is 13.7. The molecule has 1 unspecified atom stereocenters. The quantitative estimate of drug-likeness (QED) is 0.858. The van der Waals surface area contributed by atoms with Crippen LogP contribution in [0.1, 0.15) is 52.6 Å². The van der Waals surface area contributed by atoms with Gasteiger partial charge in [0.2, 0.25) is 0 Å². The fourth-order valence-corrected chi connectivity index (χ4v) is 3.53. The molecule has 0 saturated heterocycles. The molecule has 3 nitrogen and oxygen atoms in total. The van der Waals surface area contributed by atoms with E-state index in [0.29, 0.717) is 22.8 Å². The second kappa shape index (κ2) is 5.36. The van der Waals surface area contributed by atoms with E-state index < -0.39 is 0 Å². The van der Waals surface area contributed by atoms with Crippen molar-refractivity contribution >= 4 is 0 Å². The van der Waals surface area contributed by atoms with Crippen LogP contribution in [0, 0.1) is 16.7 Å². The van der Waals surface area contributed by atoms with Gasteiger partial charge in [-0.05, 0) is 41.3 Å². The molecule has 20 heavy (non-hydrogen) atoms. The first-order valence-electron chi connectivity index (χ1n) is 7.58. The van der Waals surface area contributed by atoms with Gasteiger partial charge in [-0.1, -0.05) is 34.6 Å². The second-order valence-corrected chi connectivity index (χ2v) is 7.01. The van der Waals surface area contributed by atoms with E-state index in [1.165, 1.54) is 5.56 Å². The van der Waals surface area contributed by atoms with Crippen molar-refractivity contribution < 1.29 is 4.74 Å². The highest BCUT2D eigenvalue weighted by atomic mass is 16.5. The number of hydrogen-bond acceptors (Lipinski definition) is 3. The van der Waals surface area contributed by atoms with E-state index in [2.05, 4.69) is 51.0 Å². The summed E-state index contributed by atoms with van der Waals surface area (Å²) in [5.74, 6) is 1.46. The molecule has 0 spiro atoms. The minimum absolute atomic E-state index is 0.349. The molecule has 0 aliphatic heterocycles. The fraction of sp³-hybridized carbons (Fsp3) is 0.706. The molecule has 112 valence electrons. The van der Waals surface area contributed by atoms with Crippen LogP contribution in [-0.2, 0) is 0 Å². The van der Waals surface area contributed by atoms with Crippen LogP contribution in [0.4, 0.5) is 0 Å². The Morgan fingerprint density at radius 2 is 1.90 bits per heavy atom. The van der Waals surface area contributed by atoms with Gasteiger partial charge < -0.3 is 10.1 Å². The molecule has 1 aromatic rings. The largest absolute Gasteiger partial charge is 0.495 e. The Morgan fingerprint density at radius 1 is 1.25 bits per heavy atom. The van der Waals surface area contributed by atoms with E-state index in [0.717, 1.165) is 18.7 Å². The normalized spacial score (nSPS) is 21.5. The highest BCUT2D eigenvalue weighted by Crippen LogP contribution is 2.72. The second-order valence-electron chi connectivity index (χ2n) is 7.01. The van der Waals surface area contributed by atoms with E-state index in [1.54, 1.807) is 13.3 Å². The number of rotatable bonds is 6. The lowest BCUT2D eigenvalue weighted by atomic mass is 9.97. The van der Waals surface area contributed by atoms with E-state index in [4.69, 9.17) is 4.74 Å². The first-order valence-corrected chi connectivity index (χ1v) is 7.58. The summed E-state index contributed by atoms with van der Waals surface area (Å²) in [5, 5.41) is 3.71. The van der Waals surface area contributed by atoms with Gasteiger partial charge in [0.25, 0.3) is 0 Å². The van der Waals surface area contributed by atoms with Gasteiger partial charge in [0, 0.05) is 12.2 Å². The minimum atomic E-state index is 0.349. The molecule has 0 radical (unpaired) electrons. The Balaban J connectivity index is 2.29. The van der Waals surface area contributed by atoms with Crippen LogP contribution in [0.25, 0.3) is 0 Å². The summed E-state index contributed by atoms with van der Waals surface area (Å²) < 4.78 is 5.32. The average Bonchev–Trinajstić information content (AvgIpc) is 2.82.